The van der Waals surface area contributed by atoms with Gasteiger partial charge in [0, 0.05) is 35.7 Å². The first-order valence-electron chi connectivity index (χ1n) is 11.6. The summed E-state index contributed by atoms with van der Waals surface area (Å²) in [6.07, 6.45) is 0. The first kappa shape index (κ1) is 28.9. The molecule has 0 saturated carbocycles. The van der Waals surface area contributed by atoms with Crippen molar-refractivity contribution < 1.29 is 40.7 Å². The third-order valence-corrected chi connectivity index (χ3v) is 7.94. The van der Waals surface area contributed by atoms with Crippen LogP contribution in [0.5, 0.6) is 5.75 Å². The SMILES string of the molecule is CCN(CC)S(=O)(=O)c1cc(C(=O)OCC(=O)c2cc(C)n(-c3ccc(OC(F)F)cc3)c2C)ccc1F. The number of ketones is 1. The van der Waals surface area contributed by atoms with E-state index in [1.54, 1.807) is 50.5 Å². The third-order valence-electron chi connectivity index (χ3n) is 5.88. The zero-order chi connectivity index (χ0) is 28.2. The fraction of sp³-hybridized carbons (Fsp3) is 0.308. The molecule has 0 saturated heterocycles. The van der Waals surface area contributed by atoms with Gasteiger partial charge in [0.05, 0.1) is 5.56 Å². The van der Waals surface area contributed by atoms with Gasteiger partial charge < -0.3 is 14.0 Å². The Bertz CT molecular complexity index is 1430. The number of benzene rings is 2. The van der Waals surface area contributed by atoms with E-state index >= 15 is 0 Å². The van der Waals surface area contributed by atoms with Gasteiger partial charge in [0.25, 0.3) is 0 Å². The molecule has 0 radical (unpaired) electrons. The number of Topliss-reactive ketones (excluding diaryl/α,β-unsaturated/α-hetero) is 1. The van der Waals surface area contributed by atoms with Crippen LogP contribution in [0.15, 0.2) is 53.4 Å². The van der Waals surface area contributed by atoms with Gasteiger partial charge in [-0.05, 0) is 62.4 Å². The minimum atomic E-state index is -4.17. The van der Waals surface area contributed by atoms with Crippen LogP contribution in [-0.4, -0.2) is 55.4 Å². The summed E-state index contributed by atoms with van der Waals surface area (Å²) in [5.41, 5.74) is 1.85. The van der Waals surface area contributed by atoms with Crippen LogP contribution >= 0.6 is 0 Å². The van der Waals surface area contributed by atoms with E-state index in [1.807, 2.05) is 0 Å². The number of nitrogens with zero attached hydrogens (tertiary/aromatic N) is 2. The Morgan fingerprint density at radius 2 is 1.63 bits per heavy atom. The van der Waals surface area contributed by atoms with Gasteiger partial charge in [0.1, 0.15) is 16.5 Å². The number of carbonyl (C=O) groups is 2. The van der Waals surface area contributed by atoms with Crippen molar-refractivity contribution >= 4 is 21.8 Å². The predicted molar refractivity (Wildman–Crippen MR) is 133 cm³/mol. The number of hydrogen-bond donors (Lipinski definition) is 0. The van der Waals surface area contributed by atoms with Crippen LogP contribution in [0.1, 0.15) is 46.0 Å². The molecule has 1 heterocycles. The standard InChI is InChI=1S/C26H27F3N2O6S/c1-5-30(6-2)38(34,35)24-14-18(7-12-22(24)27)25(33)36-15-23(32)21-13-16(3)31(17(21)4)19-8-10-20(11-9-19)37-26(28)29/h7-14,26H,5-6,15H2,1-4H3. The number of rotatable bonds is 11. The fourth-order valence-electron chi connectivity index (χ4n) is 4.04. The topological polar surface area (TPSA) is 94.9 Å². The van der Waals surface area contributed by atoms with Gasteiger partial charge in [-0.2, -0.15) is 13.1 Å². The van der Waals surface area contributed by atoms with Crippen LogP contribution in [0.4, 0.5) is 13.2 Å². The number of sulfonamides is 1. The molecule has 1 aromatic heterocycles. The summed E-state index contributed by atoms with van der Waals surface area (Å²) in [7, 11) is -4.17. The molecule has 38 heavy (non-hydrogen) atoms. The van der Waals surface area contributed by atoms with E-state index in [2.05, 4.69) is 4.74 Å². The third kappa shape index (κ3) is 6.08. The van der Waals surface area contributed by atoms with E-state index in [9.17, 15) is 31.2 Å². The Labute approximate surface area is 218 Å². The van der Waals surface area contributed by atoms with Gasteiger partial charge in [0.2, 0.25) is 15.8 Å². The molecule has 8 nitrogen and oxygen atoms in total. The molecule has 3 aromatic rings. The summed E-state index contributed by atoms with van der Waals surface area (Å²) >= 11 is 0. The first-order valence-corrected chi connectivity index (χ1v) is 13.1. The van der Waals surface area contributed by atoms with Crippen LogP contribution in [0.2, 0.25) is 0 Å². The van der Waals surface area contributed by atoms with Crippen LogP contribution in [0, 0.1) is 19.7 Å². The molecule has 0 unspecified atom stereocenters. The van der Waals surface area contributed by atoms with E-state index < -0.39 is 45.7 Å². The zero-order valence-electron chi connectivity index (χ0n) is 21.2. The van der Waals surface area contributed by atoms with Crippen molar-refractivity contribution in [2.75, 3.05) is 19.7 Å². The molecular weight excluding hydrogens is 525 g/mol. The number of halogens is 3. The molecule has 0 aliphatic rings. The minimum absolute atomic E-state index is 0.0109. The molecule has 0 aliphatic carbocycles. The lowest BCUT2D eigenvalue weighted by Crippen LogP contribution is -2.31. The second-order valence-electron chi connectivity index (χ2n) is 8.23. The van der Waals surface area contributed by atoms with E-state index in [4.69, 9.17) is 4.74 Å². The van der Waals surface area contributed by atoms with Gasteiger partial charge >= 0.3 is 12.6 Å². The monoisotopic (exact) mass is 552 g/mol. The summed E-state index contributed by atoms with van der Waals surface area (Å²) in [5, 5.41) is 0. The predicted octanol–water partition coefficient (Wildman–Crippen LogP) is 4.90. The highest BCUT2D eigenvalue weighted by Crippen LogP contribution is 2.25. The smallest absolute Gasteiger partial charge is 0.387 e. The molecule has 3 rings (SSSR count). The molecule has 0 spiro atoms. The molecule has 0 atom stereocenters. The lowest BCUT2D eigenvalue weighted by atomic mass is 10.1. The molecule has 0 aliphatic heterocycles. The van der Waals surface area contributed by atoms with E-state index in [0.29, 0.717) is 17.1 Å². The molecule has 2 aromatic carbocycles. The van der Waals surface area contributed by atoms with Crippen molar-refractivity contribution in [1.82, 2.24) is 8.87 Å². The molecule has 0 amide bonds. The fourth-order valence-corrected chi connectivity index (χ4v) is 5.59. The summed E-state index contributed by atoms with van der Waals surface area (Å²) in [5.74, 6) is -2.53. The van der Waals surface area contributed by atoms with Crippen molar-refractivity contribution in [3.05, 3.63) is 76.9 Å². The van der Waals surface area contributed by atoms with Crippen LogP contribution in [0.3, 0.4) is 0 Å². The van der Waals surface area contributed by atoms with Crippen LogP contribution in [-0.2, 0) is 14.8 Å². The highest BCUT2D eigenvalue weighted by atomic mass is 32.2. The van der Waals surface area contributed by atoms with Crippen LogP contribution < -0.4 is 4.74 Å². The van der Waals surface area contributed by atoms with Crippen molar-refractivity contribution in [2.24, 2.45) is 0 Å². The van der Waals surface area contributed by atoms with Gasteiger partial charge in [-0.25, -0.2) is 17.6 Å². The average molecular weight is 553 g/mol. The minimum Gasteiger partial charge on any atom is -0.454 e. The Morgan fingerprint density at radius 3 is 2.21 bits per heavy atom. The van der Waals surface area contributed by atoms with Crippen LogP contribution in [0.25, 0.3) is 5.69 Å². The maximum Gasteiger partial charge on any atom is 0.387 e. The maximum absolute atomic E-state index is 14.3. The number of hydrogen-bond acceptors (Lipinski definition) is 6. The second-order valence-corrected chi connectivity index (χ2v) is 10.1. The molecule has 0 fully saturated rings. The molecule has 204 valence electrons. The largest absolute Gasteiger partial charge is 0.454 e. The lowest BCUT2D eigenvalue weighted by Gasteiger charge is -2.19. The Balaban J connectivity index is 1.77. The van der Waals surface area contributed by atoms with E-state index in [1.165, 1.54) is 12.1 Å². The normalized spacial score (nSPS) is 11.7. The summed E-state index contributed by atoms with van der Waals surface area (Å²) in [6, 6.07) is 10.3. The zero-order valence-corrected chi connectivity index (χ0v) is 22.0. The summed E-state index contributed by atoms with van der Waals surface area (Å²) < 4.78 is 76.9. The average Bonchev–Trinajstić information content (AvgIpc) is 3.17. The van der Waals surface area contributed by atoms with Gasteiger partial charge in [-0.15, -0.1) is 0 Å². The number of aryl methyl sites for hydroxylation is 1. The number of ether oxygens (including phenoxy) is 2. The van der Waals surface area contributed by atoms with Crippen molar-refractivity contribution in [3.63, 3.8) is 0 Å². The van der Waals surface area contributed by atoms with Crippen molar-refractivity contribution in [3.8, 4) is 11.4 Å². The molecule has 12 heteroatoms. The summed E-state index contributed by atoms with van der Waals surface area (Å²) in [6.45, 7) is 3.29. The Hall–Kier alpha value is -3.64. The summed E-state index contributed by atoms with van der Waals surface area (Å²) in [4.78, 5) is 24.8. The second kappa shape index (κ2) is 11.8. The molecule has 0 N–H and O–H groups in total. The number of aromatic nitrogens is 1. The lowest BCUT2D eigenvalue weighted by molar-refractivity contribution is -0.0498. The number of alkyl halides is 2. The van der Waals surface area contributed by atoms with Gasteiger partial charge in [-0.1, -0.05) is 13.8 Å². The highest BCUT2D eigenvalue weighted by Gasteiger charge is 2.27. The molecule has 0 bridgehead atoms. The van der Waals surface area contributed by atoms with E-state index in [0.717, 1.165) is 22.5 Å². The van der Waals surface area contributed by atoms with Crippen molar-refractivity contribution in [2.45, 2.75) is 39.2 Å². The Morgan fingerprint density at radius 1 is 1.00 bits per heavy atom. The van der Waals surface area contributed by atoms with Crippen molar-refractivity contribution in [1.29, 1.82) is 0 Å². The maximum atomic E-state index is 14.3. The quantitative estimate of drug-likeness (QED) is 0.248. The van der Waals surface area contributed by atoms with Gasteiger partial charge in [-0.3, -0.25) is 4.79 Å². The number of esters is 1. The number of carbonyl (C=O) groups excluding carboxylic acids is 2. The highest BCUT2D eigenvalue weighted by molar-refractivity contribution is 7.89. The molecular formula is C26H27F3N2O6S. The Kier molecular flexibility index (Phi) is 9.00. The van der Waals surface area contributed by atoms with Gasteiger partial charge in [0.15, 0.2) is 6.61 Å². The van der Waals surface area contributed by atoms with E-state index in [-0.39, 0.29) is 30.0 Å². The first-order chi connectivity index (χ1) is 17.9.